The van der Waals surface area contributed by atoms with E-state index in [2.05, 4.69) is 27.5 Å². The maximum atomic E-state index is 5.94. The Morgan fingerprint density at radius 3 is 2.77 bits per heavy atom. The van der Waals surface area contributed by atoms with Crippen molar-refractivity contribution in [3.05, 3.63) is 16.1 Å². The Kier molecular flexibility index (Phi) is 12.4. The van der Waals surface area contributed by atoms with Gasteiger partial charge in [-0.2, -0.15) is 0 Å². The second kappa shape index (κ2) is 13.7. The van der Waals surface area contributed by atoms with Crippen molar-refractivity contribution in [2.24, 2.45) is 4.99 Å². The van der Waals surface area contributed by atoms with E-state index in [0.29, 0.717) is 6.10 Å². The number of hydrogen-bond donors (Lipinski definition) is 1. The second-order valence-corrected chi connectivity index (χ2v) is 7.31. The van der Waals surface area contributed by atoms with Gasteiger partial charge in [0.15, 0.2) is 5.96 Å². The predicted molar refractivity (Wildman–Crippen MR) is 119 cm³/mol. The number of thiazole rings is 1. The van der Waals surface area contributed by atoms with Gasteiger partial charge in [0, 0.05) is 58.3 Å². The molecule has 0 aliphatic carbocycles. The van der Waals surface area contributed by atoms with E-state index in [-0.39, 0.29) is 24.0 Å². The number of likely N-dealkylation sites (tertiary alicyclic amines) is 1. The molecule has 1 aliphatic rings. The van der Waals surface area contributed by atoms with E-state index in [1.54, 1.807) is 18.4 Å². The highest BCUT2D eigenvalue weighted by atomic mass is 127. The number of halogens is 1. The molecule has 0 unspecified atom stereocenters. The lowest BCUT2D eigenvalue weighted by molar-refractivity contribution is 0.00991. The van der Waals surface area contributed by atoms with Crippen molar-refractivity contribution in [1.29, 1.82) is 0 Å². The Hall–Kier alpha value is -0.450. The van der Waals surface area contributed by atoms with Gasteiger partial charge in [-0.1, -0.05) is 0 Å². The Balaban J connectivity index is 0.00000338. The molecule has 1 saturated heterocycles. The Labute approximate surface area is 178 Å². The highest BCUT2D eigenvalue weighted by Gasteiger charge is 2.21. The first-order valence-electron chi connectivity index (χ1n) is 9.27. The number of nitrogens with zero attached hydrogens (tertiary/aromatic N) is 3. The molecule has 0 amide bonds. The summed E-state index contributed by atoms with van der Waals surface area (Å²) in [5.41, 5.74) is 1.14. The van der Waals surface area contributed by atoms with Gasteiger partial charge < -0.3 is 19.7 Å². The Morgan fingerprint density at radius 1 is 1.38 bits per heavy atom. The summed E-state index contributed by atoms with van der Waals surface area (Å²) in [5, 5.41) is 6.67. The van der Waals surface area contributed by atoms with Crippen molar-refractivity contribution < 1.29 is 9.47 Å². The van der Waals surface area contributed by atoms with Crippen LogP contribution in [-0.2, 0) is 15.9 Å². The molecule has 0 bridgehead atoms. The molecule has 26 heavy (non-hydrogen) atoms. The third-order valence-corrected chi connectivity index (χ3v) is 5.04. The van der Waals surface area contributed by atoms with Crippen LogP contribution in [0, 0.1) is 6.92 Å². The van der Waals surface area contributed by atoms with Gasteiger partial charge in [0.05, 0.1) is 16.8 Å². The zero-order valence-electron chi connectivity index (χ0n) is 16.2. The number of aliphatic imine (C=N–C) groups is 1. The SMILES string of the molecule is CCNC(=NCCc1csc(C)n1)N1CCC(OCCCOC)CC1.I. The zero-order valence-corrected chi connectivity index (χ0v) is 19.3. The molecule has 8 heteroatoms. The first kappa shape index (κ1) is 23.6. The summed E-state index contributed by atoms with van der Waals surface area (Å²) < 4.78 is 11.0. The van der Waals surface area contributed by atoms with Crippen molar-refractivity contribution in [3.8, 4) is 0 Å². The molecule has 1 fully saturated rings. The minimum atomic E-state index is 0. The van der Waals surface area contributed by atoms with Gasteiger partial charge in [-0.15, -0.1) is 35.3 Å². The summed E-state index contributed by atoms with van der Waals surface area (Å²) in [6.45, 7) is 9.39. The first-order valence-corrected chi connectivity index (χ1v) is 10.2. The summed E-state index contributed by atoms with van der Waals surface area (Å²) in [5.74, 6) is 1.02. The lowest BCUT2D eigenvalue weighted by Crippen LogP contribution is -2.47. The summed E-state index contributed by atoms with van der Waals surface area (Å²) in [6, 6.07) is 0. The van der Waals surface area contributed by atoms with Gasteiger partial charge in [0.25, 0.3) is 0 Å². The third-order valence-electron chi connectivity index (χ3n) is 4.22. The largest absolute Gasteiger partial charge is 0.385 e. The standard InChI is InChI=1S/C18H32N4O2S.HI/c1-4-19-18(20-9-6-16-14-25-15(2)21-16)22-10-7-17(8-11-22)24-13-5-12-23-3;/h14,17H,4-13H2,1-3H3,(H,19,20);1H. The van der Waals surface area contributed by atoms with Crippen LogP contribution in [-0.4, -0.2) is 68.4 Å². The monoisotopic (exact) mass is 496 g/mol. The highest BCUT2D eigenvalue weighted by molar-refractivity contribution is 14.0. The van der Waals surface area contributed by atoms with Crippen LogP contribution >= 0.6 is 35.3 Å². The molecule has 0 aromatic carbocycles. The molecule has 0 saturated carbocycles. The topological polar surface area (TPSA) is 59.0 Å². The van der Waals surface area contributed by atoms with Crippen LogP contribution < -0.4 is 5.32 Å². The van der Waals surface area contributed by atoms with E-state index < -0.39 is 0 Å². The quantitative estimate of drug-likeness (QED) is 0.247. The normalized spacial score (nSPS) is 15.8. The Bertz CT molecular complexity index is 519. The van der Waals surface area contributed by atoms with Crippen molar-refractivity contribution in [2.75, 3.05) is 46.5 Å². The maximum Gasteiger partial charge on any atom is 0.193 e. The number of aromatic nitrogens is 1. The molecule has 1 aromatic rings. The van der Waals surface area contributed by atoms with Gasteiger partial charge >= 0.3 is 0 Å². The van der Waals surface area contributed by atoms with E-state index in [1.807, 2.05) is 6.92 Å². The van der Waals surface area contributed by atoms with Crippen LogP contribution in [0.25, 0.3) is 0 Å². The molecule has 1 aliphatic heterocycles. The minimum absolute atomic E-state index is 0. The predicted octanol–water partition coefficient (Wildman–Crippen LogP) is 3.10. The molecule has 150 valence electrons. The van der Waals surface area contributed by atoms with E-state index in [4.69, 9.17) is 14.5 Å². The molecule has 1 aromatic heterocycles. The second-order valence-electron chi connectivity index (χ2n) is 6.25. The third kappa shape index (κ3) is 8.49. The van der Waals surface area contributed by atoms with Gasteiger partial charge in [-0.3, -0.25) is 4.99 Å². The van der Waals surface area contributed by atoms with Crippen molar-refractivity contribution >= 4 is 41.3 Å². The van der Waals surface area contributed by atoms with Gasteiger partial charge in [0.1, 0.15) is 0 Å². The molecule has 0 spiro atoms. The van der Waals surface area contributed by atoms with Gasteiger partial charge in [-0.25, -0.2) is 4.98 Å². The van der Waals surface area contributed by atoms with Crippen molar-refractivity contribution in [2.45, 2.75) is 45.6 Å². The van der Waals surface area contributed by atoms with Gasteiger partial charge in [-0.05, 0) is 33.1 Å². The number of methoxy groups -OCH3 is 1. The average Bonchev–Trinajstić information content (AvgIpc) is 3.04. The fraction of sp³-hybridized carbons (Fsp3) is 0.778. The lowest BCUT2D eigenvalue weighted by Gasteiger charge is -2.34. The first-order chi connectivity index (χ1) is 12.2. The van der Waals surface area contributed by atoms with Crippen LogP contribution in [0.5, 0.6) is 0 Å². The van der Waals surface area contributed by atoms with Crippen LogP contribution in [0.3, 0.4) is 0 Å². The smallest absolute Gasteiger partial charge is 0.193 e. The highest BCUT2D eigenvalue weighted by Crippen LogP contribution is 2.14. The number of piperidine rings is 1. The Morgan fingerprint density at radius 2 is 2.15 bits per heavy atom. The molecular formula is C18H33IN4O2S. The summed E-state index contributed by atoms with van der Waals surface area (Å²) in [7, 11) is 1.73. The summed E-state index contributed by atoms with van der Waals surface area (Å²) >= 11 is 1.70. The summed E-state index contributed by atoms with van der Waals surface area (Å²) in [4.78, 5) is 11.7. The fourth-order valence-electron chi connectivity index (χ4n) is 2.91. The zero-order chi connectivity index (χ0) is 17.9. The van der Waals surface area contributed by atoms with E-state index in [1.165, 1.54) is 0 Å². The number of nitrogens with one attached hydrogen (secondary N) is 1. The molecular weight excluding hydrogens is 463 g/mol. The number of hydrogen-bond acceptors (Lipinski definition) is 5. The average molecular weight is 496 g/mol. The molecule has 1 N–H and O–H groups in total. The molecule has 2 rings (SSSR count). The molecule has 0 radical (unpaired) electrons. The van der Waals surface area contributed by atoms with Crippen LogP contribution in [0.1, 0.15) is 36.9 Å². The van der Waals surface area contributed by atoms with E-state index in [0.717, 1.165) is 81.7 Å². The van der Waals surface area contributed by atoms with Gasteiger partial charge in [0.2, 0.25) is 0 Å². The van der Waals surface area contributed by atoms with Crippen LogP contribution in [0.2, 0.25) is 0 Å². The maximum absolute atomic E-state index is 5.94. The van der Waals surface area contributed by atoms with Crippen LogP contribution in [0.15, 0.2) is 10.4 Å². The molecule has 6 nitrogen and oxygen atoms in total. The van der Waals surface area contributed by atoms with Crippen molar-refractivity contribution in [1.82, 2.24) is 15.2 Å². The number of rotatable bonds is 9. The van der Waals surface area contributed by atoms with Crippen LogP contribution in [0.4, 0.5) is 0 Å². The lowest BCUT2D eigenvalue weighted by atomic mass is 10.1. The van der Waals surface area contributed by atoms with Crippen molar-refractivity contribution in [3.63, 3.8) is 0 Å². The fourth-order valence-corrected chi connectivity index (χ4v) is 3.56. The minimum Gasteiger partial charge on any atom is -0.385 e. The molecule has 2 heterocycles. The number of guanidine groups is 1. The molecule has 0 atom stereocenters. The summed E-state index contributed by atoms with van der Waals surface area (Å²) in [6.07, 6.45) is 4.36. The van der Waals surface area contributed by atoms with E-state index in [9.17, 15) is 0 Å². The number of aryl methyl sites for hydroxylation is 1. The van der Waals surface area contributed by atoms with E-state index >= 15 is 0 Å². The number of ether oxygens (including phenoxy) is 2.